The molecule has 4 aromatic rings. The van der Waals surface area contributed by atoms with Crippen LogP contribution in [0, 0.1) is 6.92 Å². The molecule has 1 aliphatic heterocycles. The van der Waals surface area contributed by atoms with Crippen LogP contribution in [0.15, 0.2) is 60.7 Å². The fraction of sp³-hybridized carbons (Fsp3) is 0.346. The predicted molar refractivity (Wildman–Crippen MR) is 127 cm³/mol. The van der Waals surface area contributed by atoms with Gasteiger partial charge in [-0.3, -0.25) is 0 Å². The first-order chi connectivity index (χ1) is 15.8. The van der Waals surface area contributed by atoms with Crippen molar-refractivity contribution < 1.29 is 4.74 Å². The van der Waals surface area contributed by atoms with Crippen LogP contribution in [-0.4, -0.2) is 51.0 Å². The van der Waals surface area contributed by atoms with Crippen molar-refractivity contribution >= 4 is 5.65 Å². The fourth-order valence-electron chi connectivity index (χ4n) is 4.37. The molecule has 0 bridgehead atoms. The molecule has 3 heterocycles. The van der Waals surface area contributed by atoms with E-state index in [-0.39, 0.29) is 0 Å². The number of benzene rings is 2. The van der Waals surface area contributed by atoms with Crippen molar-refractivity contribution in [3.8, 4) is 28.3 Å². The largest absolute Gasteiger partial charge is 0.494 e. The molecular weight excluding hydrogens is 398 g/mol. The first kappa shape index (κ1) is 20.6. The minimum Gasteiger partial charge on any atom is -0.494 e. The van der Waals surface area contributed by atoms with Crippen molar-refractivity contribution in [3.05, 3.63) is 66.4 Å². The van der Waals surface area contributed by atoms with Crippen LogP contribution < -0.4 is 4.74 Å². The average molecular weight is 428 g/mol. The van der Waals surface area contributed by atoms with E-state index in [9.17, 15) is 0 Å². The molecular formula is C26H29N5O. The standard InChI is InChI=1S/C26H29N5O/c1-20-19-24(26-28-27-25(31(26)29-20)22-9-4-2-5-10-22)21-11-13-23(14-12-21)32-18-8-17-30-15-6-3-7-16-30/h2,4-5,9-14,19H,3,6-8,15-18H2,1H3. The molecule has 0 aliphatic carbocycles. The van der Waals surface area contributed by atoms with E-state index in [2.05, 4.69) is 38.4 Å². The average Bonchev–Trinajstić information content (AvgIpc) is 3.27. The summed E-state index contributed by atoms with van der Waals surface area (Å²) in [5.74, 6) is 1.65. The Hall–Kier alpha value is -3.25. The maximum absolute atomic E-state index is 5.99. The van der Waals surface area contributed by atoms with Crippen LogP contribution in [0.1, 0.15) is 31.4 Å². The van der Waals surface area contributed by atoms with Crippen LogP contribution in [0.3, 0.4) is 0 Å². The summed E-state index contributed by atoms with van der Waals surface area (Å²) in [6.07, 6.45) is 5.12. The Morgan fingerprint density at radius 2 is 1.66 bits per heavy atom. The maximum atomic E-state index is 5.99. The van der Waals surface area contributed by atoms with Gasteiger partial charge in [0.25, 0.3) is 0 Å². The molecule has 1 fully saturated rings. The van der Waals surface area contributed by atoms with E-state index in [0.29, 0.717) is 0 Å². The summed E-state index contributed by atoms with van der Waals surface area (Å²) in [5.41, 5.74) is 4.77. The van der Waals surface area contributed by atoms with Gasteiger partial charge in [0.05, 0.1) is 12.3 Å². The van der Waals surface area contributed by atoms with Gasteiger partial charge in [-0.1, -0.05) is 48.9 Å². The molecule has 0 atom stereocenters. The molecule has 1 saturated heterocycles. The Kier molecular flexibility index (Phi) is 6.12. The van der Waals surface area contributed by atoms with Gasteiger partial charge in [-0.15, -0.1) is 10.2 Å². The molecule has 1 aliphatic rings. The number of ether oxygens (including phenoxy) is 1. The lowest BCUT2D eigenvalue weighted by Gasteiger charge is -2.26. The van der Waals surface area contributed by atoms with E-state index in [4.69, 9.17) is 4.74 Å². The zero-order valence-corrected chi connectivity index (χ0v) is 18.6. The lowest BCUT2D eigenvalue weighted by Crippen LogP contribution is -2.31. The zero-order valence-electron chi connectivity index (χ0n) is 18.6. The van der Waals surface area contributed by atoms with Gasteiger partial charge in [-0.25, -0.2) is 0 Å². The number of rotatable bonds is 7. The third-order valence-corrected chi connectivity index (χ3v) is 6.03. The van der Waals surface area contributed by atoms with Gasteiger partial charge in [0.15, 0.2) is 11.5 Å². The van der Waals surface area contributed by atoms with E-state index >= 15 is 0 Å². The molecule has 164 valence electrons. The zero-order chi connectivity index (χ0) is 21.8. The Bertz CT molecular complexity index is 1160. The van der Waals surface area contributed by atoms with Crippen LogP contribution in [0.4, 0.5) is 0 Å². The van der Waals surface area contributed by atoms with E-state index in [1.807, 2.05) is 53.9 Å². The van der Waals surface area contributed by atoms with Crippen LogP contribution in [0.5, 0.6) is 5.75 Å². The number of piperidine rings is 1. The second kappa shape index (κ2) is 9.49. The monoisotopic (exact) mass is 427 g/mol. The Morgan fingerprint density at radius 3 is 2.44 bits per heavy atom. The van der Waals surface area contributed by atoms with Crippen molar-refractivity contribution in [1.82, 2.24) is 24.7 Å². The summed E-state index contributed by atoms with van der Waals surface area (Å²) < 4.78 is 7.83. The van der Waals surface area contributed by atoms with Crippen molar-refractivity contribution in [2.45, 2.75) is 32.6 Å². The number of aryl methyl sites for hydroxylation is 1. The van der Waals surface area contributed by atoms with Gasteiger partial charge in [0.1, 0.15) is 5.75 Å². The van der Waals surface area contributed by atoms with E-state index in [1.54, 1.807) is 0 Å². The molecule has 0 amide bonds. The summed E-state index contributed by atoms with van der Waals surface area (Å²) in [6.45, 7) is 6.35. The minimum atomic E-state index is 0.749. The summed E-state index contributed by atoms with van der Waals surface area (Å²) in [4.78, 5) is 2.55. The SMILES string of the molecule is Cc1cc(-c2ccc(OCCCN3CCCCC3)cc2)c2nnc(-c3ccccc3)n2n1. The van der Waals surface area contributed by atoms with E-state index in [1.165, 1.54) is 32.4 Å². The minimum absolute atomic E-state index is 0.749. The molecule has 6 heteroatoms. The molecule has 32 heavy (non-hydrogen) atoms. The van der Waals surface area contributed by atoms with Gasteiger partial charge in [0, 0.05) is 17.7 Å². The highest BCUT2D eigenvalue weighted by atomic mass is 16.5. The molecule has 0 N–H and O–H groups in total. The van der Waals surface area contributed by atoms with Crippen LogP contribution >= 0.6 is 0 Å². The van der Waals surface area contributed by atoms with Crippen molar-refractivity contribution in [2.24, 2.45) is 0 Å². The molecule has 2 aromatic heterocycles. The highest BCUT2D eigenvalue weighted by molar-refractivity contribution is 5.79. The molecule has 0 spiro atoms. The normalized spacial score (nSPS) is 14.7. The Morgan fingerprint density at radius 1 is 0.875 bits per heavy atom. The summed E-state index contributed by atoms with van der Waals surface area (Å²) in [7, 11) is 0. The van der Waals surface area contributed by atoms with Crippen molar-refractivity contribution in [2.75, 3.05) is 26.2 Å². The third kappa shape index (κ3) is 4.50. The fourth-order valence-corrected chi connectivity index (χ4v) is 4.37. The van der Waals surface area contributed by atoms with Crippen LogP contribution in [0.2, 0.25) is 0 Å². The number of hydrogen-bond acceptors (Lipinski definition) is 5. The molecule has 5 rings (SSSR count). The molecule has 6 nitrogen and oxygen atoms in total. The number of fused-ring (bicyclic) bond motifs is 1. The smallest absolute Gasteiger partial charge is 0.186 e. The highest BCUT2D eigenvalue weighted by Crippen LogP contribution is 2.28. The quantitative estimate of drug-likeness (QED) is 0.388. The van der Waals surface area contributed by atoms with Gasteiger partial charge >= 0.3 is 0 Å². The van der Waals surface area contributed by atoms with E-state index < -0.39 is 0 Å². The second-order valence-electron chi connectivity index (χ2n) is 8.45. The molecule has 0 unspecified atom stereocenters. The summed E-state index contributed by atoms with van der Waals surface area (Å²) >= 11 is 0. The lowest BCUT2D eigenvalue weighted by atomic mass is 10.1. The number of aromatic nitrogens is 4. The Labute approximate surface area is 188 Å². The first-order valence-corrected chi connectivity index (χ1v) is 11.5. The van der Waals surface area contributed by atoms with E-state index in [0.717, 1.165) is 59.2 Å². The molecule has 0 radical (unpaired) electrons. The molecule has 2 aromatic carbocycles. The van der Waals surface area contributed by atoms with Crippen molar-refractivity contribution in [1.29, 1.82) is 0 Å². The number of nitrogens with zero attached hydrogens (tertiary/aromatic N) is 5. The topological polar surface area (TPSA) is 55.5 Å². The number of likely N-dealkylation sites (tertiary alicyclic amines) is 1. The predicted octanol–water partition coefficient (Wildman–Crippen LogP) is 5.02. The van der Waals surface area contributed by atoms with Crippen LogP contribution in [-0.2, 0) is 0 Å². The van der Waals surface area contributed by atoms with Gasteiger partial charge in [-0.2, -0.15) is 9.61 Å². The third-order valence-electron chi connectivity index (χ3n) is 6.03. The summed E-state index contributed by atoms with van der Waals surface area (Å²) in [6, 6.07) is 20.4. The van der Waals surface area contributed by atoms with Crippen molar-refractivity contribution in [3.63, 3.8) is 0 Å². The second-order valence-corrected chi connectivity index (χ2v) is 8.45. The number of hydrogen-bond donors (Lipinski definition) is 0. The van der Waals surface area contributed by atoms with Gasteiger partial charge in [0.2, 0.25) is 0 Å². The first-order valence-electron chi connectivity index (χ1n) is 11.5. The Balaban J connectivity index is 1.30. The van der Waals surface area contributed by atoms with Gasteiger partial charge in [-0.05, 0) is 63.0 Å². The summed E-state index contributed by atoms with van der Waals surface area (Å²) in [5, 5.41) is 13.5. The highest BCUT2D eigenvalue weighted by Gasteiger charge is 2.15. The van der Waals surface area contributed by atoms with Crippen LogP contribution in [0.25, 0.3) is 28.2 Å². The molecule has 0 saturated carbocycles. The lowest BCUT2D eigenvalue weighted by molar-refractivity contribution is 0.205. The maximum Gasteiger partial charge on any atom is 0.186 e. The van der Waals surface area contributed by atoms with Gasteiger partial charge < -0.3 is 9.64 Å².